The molecule has 0 aromatic rings. The van der Waals surface area contributed by atoms with E-state index in [4.69, 9.17) is 4.74 Å². The molecule has 1 aliphatic heterocycles. The van der Waals surface area contributed by atoms with Gasteiger partial charge in [-0.25, -0.2) is 12.7 Å². The van der Waals surface area contributed by atoms with Crippen molar-refractivity contribution in [3.63, 3.8) is 0 Å². The highest BCUT2D eigenvalue weighted by molar-refractivity contribution is 7.89. The Morgan fingerprint density at radius 1 is 1.42 bits per heavy atom. The van der Waals surface area contributed by atoms with Crippen molar-refractivity contribution in [2.24, 2.45) is 5.92 Å². The maximum absolute atomic E-state index is 12.0. The monoisotopic (exact) mass is 293 g/mol. The highest BCUT2D eigenvalue weighted by Crippen LogP contribution is 2.22. The van der Waals surface area contributed by atoms with E-state index in [0.29, 0.717) is 25.9 Å². The van der Waals surface area contributed by atoms with Crippen LogP contribution in [0.5, 0.6) is 0 Å². The lowest BCUT2D eigenvalue weighted by atomic mass is 9.93. The van der Waals surface area contributed by atoms with Gasteiger partial charge < -0.3 is 9.84 Å². The van der Waals surface area contributed by atoms with E-state index in [9.17, 15) is 18.3 Å². The Kier molecular flexibility index (Phi) is 6.22. The number of hydrogen-bond acceptors (Lipinski definition) is 5. The van der Waals surface area contributed by atoms with Crippen LogP contribution in [-0.2, 0) is 19.6 Å². The molecule has 1 aliphatic rings. The minimum absolute atomic E-state index is 0.105. The summed E-state index contributed by atoms with van der Waals surface area (Å²) in [6, 6.07) is 0. The molecule has 0 aromatic heterocycles. The molecule has 112 valence electrons. The summed E-state index contributed by atoms with van der Waals surface area (Å²) in [7, 11) is -3.39. The molecule has 1 N–H and O–H groups in total. The van der Waals surface area contributed by atoms with Crippen molar-refractivity contribution in [3.8, 4) is 0 Å². The quantitative estimate of drug-likeness (QED) is 0.715. The lowest BCUT2D eigenvalue weighted by Crippen LogP contribution is -2.42. The molecule has 0 aromatic carbocycles. The van der Waals surface area contributed by atoms with Gasteiger partial charge in [0.15, 0.2) is 0 Å². The van der Waals surface area contributed by atoms with Gasteiger partial charge in [-0.1, -0.05) is 0 Å². The van der Waals surface area contributed by atoms with Gasteiger partial charge in [0.2, 0.25) is 10.0 Å². The summed E-state index contributed by atoms with van der Waals surface area (Å²) in [6.45, 7) is 4.52. The van der Waals surface area contributed by atoms with Gasteiger partial charge in [0.25, 0.3) is 0 Å². The fraction of sp³-hybridized carbons (Fsp3) is 0.917. The first-order chi connectivity index (χ1) is 8.86. The van der Waals surface area contributed by atoms with Crippen molar-refractivity contribution in [3.05, 3.63) is 0 Å². The van der Waals surface area contributed by atoms with Crippen LogP contribution in [0.1, 0.15) is 33.1 Å². The molecular formula is C12H23NO5S. The van der Waals surface area contributed by atoms with Crippen molar-refractivity contribution in [2.75, 3.05) is 25.4 Å². The van der Waals surface area contributed by atoms with Gasteiger partial charge in [-0.15, -0.1) is 0 Å². The molecule has 0 radical (unpaired) electrons. The second kappa shape index (κ2) is 7.21. The normalized spacial score (nSPS) is 20.2. The van der Waals surface area contributed by atoms with Crippen molar-refractivity contribution < 1.29 is 23.1 Å². The summed E-state index contributed by atoms with van der Waals surface area (Å²) in [5.41, 5.74) is 0. The average molecular weight is 293 g/mol. The number of carbonyl (C=O) groups is 1. The zero-order chi connectivity index (χ0) is 14.5. The van der Waals surface area contributed by atoms with Gasteiger partial charge in [0.1, 0.15) is 0 Å². The molecule has 1 atom stereocenters. The Hall–Kier alpha value is -0.660. The zero-order valence-corrected chi connectivity index (χ0v) is 12.4. The van der Waals surface area contributed by atoms with Crippen molar-refractivity contribution in [1.82, 2.24) is 4.31 Å². The molecule has 1 fully saturated rings. The number of nitrogens with zero attached hydrogens (tertiary/aromatic N) is 1. The van der Waals surface area contributed by atoms with E-state index in [1.807, 2.05) is 0 Å². The van der Waals surface area contributed by atoms with Crippen LogP contribution >= 0.6 is 0 Å². The molecule has 0 saturated carbocycles. The third kappa shape index (κ3) is 5.08. The summed E-state index contributed by atoms with van der Waals surface area (Å²) < 4.78 is 30.2. The van der Waals surface area contributed by atoms with E-state index in [0.717, 1.165) is 0 Å². The predicted molar refractivity (Wildman–Crippen MR) is 71.0 cm³/mol. The Morgan fingerprint density at radius 3 is 2.47 bits per heavy atom. The fourth-order valence-electron chi connectivity index (χ4n) is 2.21. The summed E-state index contributed by atoms with van der Waals surface area (Å²) in [5, 5.41) is 9.47. The largest absolute Gasteiger partial charge is 0.466 e. The van der Waals surface area contributed by atoms with Gasteiger partial charge in [-0.3, -0.25) is 4.79 Å². The standard InChI is InChI=1S/C12H23NO5S/c1-3-18-12(15)6-9-19(16,17)13-7-4-11(5-8-13)10(2)14/h10-11,14H,3-9H2,1-2H3. The van der Waals surface area contributed by atoms with Gasteiger partial charge in [0.05, 0.1) is 24.9 Å². The maximum Gasteiger partial charge on any atom is 0.306 e. The maximum atomic E-state index is 12.0. The van der Waals surface area contributed by atoms with Gasteiger partial charge in [-0.2, -0.15) is 0 Å². The molecule has 7 heteroatoms. The summed E-state index contributed by atoms with van der Waals surface area (Å²) >= 11 is 0. The Labute approximate surface area is 114 Å². The molecule has 1 rings (SSSR count). The summed E-state index contributed by atoms with van der Waals surface area (Å²) in [4.78, 5) is 11.2. The second-order valence-corrected chi connectivity index (χ2v) is 6.94. The van der Waals surface area contributed by atoms with Crippen LogP contribution in [0.3, 0.4) is 0 Å². The molecule has 0 amide bonds. The topological polar surface area (TPSA) is 83.9 Å². The van der Waals surface area contributed by atoms with Crippen molar-refractivity contribution in [2.45, 2.75) is 39.2 Å². The highest BCUT2D eigenvalue weighted by Gasteiger charge is 2.29. The Morgan fingerprint density at radius 2 is 2.00 bits per heavy atom. The number of rotatable bonds is 6. The average Bonchev–Trinajstić information content (AvgIpc) is 2.37. The molecule has 0 bridgehead atoms. The molecule has 6 nitrogen and oxygen atoms in total. The SMILES string of the molecule is CCOC(=O)CCS(=O)(=O)N1CCC(C(C)O)CC1. The van der Waals surface area contributed by atoms with E-state index >= 15 is 0 Å². The summed E-state index contributed by atoms with van der Waals surface area (Å²) in [5.74, 6) is -0.521. The molecule has 19 heavy (non-hydrogen) atoms. The van der Waals surface area contributed by atoms with E-state index in [1.165, 1.54) is 4.31 Å². The van der Waals surface area contributed by atoms with Crippen LogP contribution in [0.2, 0.25) is 0 Å². The first-order valence-electron chi connectivity index (χ1n) is 6.68. The minimum atomic E-state index is -3.39. The zero-order valence-electron chi connectivity index (χ0n) is 11.5. The van der Waals surface area contributed by atoms with Crippen LogP contribution < -0.4 is 0 Å². The number of esters is 1. The van der Waals surface area contributed by atoms with Gasteiger partial charge in [-0.05, 0) is 32.6 Å². The lowest BCUT2D eigenvalue weighted by molar-refractivity contribution is -0.142. The number of piperidine rings is 1. The third-order valence-corrected chi connectivity index (χ3v) is 5.32. The van der Waals surface area contributed by atoms with E-state index in [-0.39, 0.29) is 24.7 Å². The molecule has 1 saturated heterocycles. The van der Waals surface area contributed by atoms with Crippen LogP contribution in [0.15, 0.2) is 0 Å². The lowest BCUT2D eigenvalue weighted by Gasteiger charge is -2.32. The first kappa shape index (κ1) is 16.4. The first-order valence-corrected chi connectivity index (χ1v) is 8.29. The van der Waals surface area contributed by atoms with Gasteiger partial charge >= 0.3 is 5.97 Å². The van der Waals surface area contributed by atoms with Gasteiger partial charge in [0, 0.05) is 13.1 Å². The number of hydrogen-bond donors (Lipinski definition) is 1. The smallest absolute Gasteiger partial charge is 0.306 e. The Balaban J connectivity index is 2.44. The van der Waals surface area contributed by atoms with E-state index < -0.39 is 22.1 Å². The molecule has 1 heterocycles. The number of carbonyl (C=O) groups excluding carboxylic acids is 1. The number of aliphatic hydroxyl groups is 1. The van der Waals surface area contributed by atoms with Crippen molar-refractivity contribution in [1.29, 1.82) is 0 Å². The Bertz CT molecular complexity index is 385. The van der Waals surface area contributed by atoms with E-state index in [1.54, 1.807) is 13.8 Å². The second-order valence-electron chi connectivity index (χ2n) is 4.85. The molecule has 0 aliphatic carbocycles. The van der Waals surface area contributed by atoms with Crippen molar-refractivity contribution >= 4 is 16.0 Å². The number of ether oxygens (including phenoxy) is 1. The highest BCUT2D eigenvalue weighted by atomic mass is 32.2. The third-order valence-electron chi connectivity index (χ3n) is 3.44. The fourth-order valence-corrected chi connectivity index (χ4v) is 3.66. The number of aliphatic hydroxyl groups excluding tert-OH is 1. The molecule has 1 unspecified atom stereocenters. The minimum Gasteiger partial charge on any atom is -0.466 e. The van der Waals surface area contributed by atoms with Crippen LogP contribution in [-0.4, -0.2) is 55.4 Å². The summed E-state index contributed by atoms with van der Waals surface area (Å²) in [6.07, 6.45) is 0.823. The number of sulfonamides is 1. The molecule has 0 spiro atoms. The van der Waals surface area contributed by atoms with Crippen LogP contribution in [0.25, 0.3) is 0 Å². The van der Waals surface area contributed by atoms with E-state index in [2.05, 4.69) is 0 Å². The molecular weight excluding hydrogens is 270 g/mol. The van der Waals surface area contributed by atoms with Crippen LogP contribution in [0.4, 0.5) is 0 Å². The predicted octanol–water partition coefficient (Wildman–Crippen LogP) is 0.362. The van der Waals surface area contributed by atoms with Crippen LogP contribution in [0, 0.1) is 5.92 Å².